The minimum atomic E-state index is -0.723. The van der Waals surface area contributed by atoms with Crippen LogP contribution in [0.25, 0.3) is 5.57 Å². The Bertz CT molecular complexity index is 1100. The van der Waals surface area contributed by atoms with Crippen LogP contribution < -0.4 is 9.64 Å². The molecule has 0 N–H and O–H groups in total. The van der Waals surface area contributed by atoms with E-state index in [2.05, 4.69) is 6.08 Å². The smallest absolute Gasteiger partial charge is 0.309 e. The highest BCUT2D eigenvalue weighted by Crippen LogP contribution is 2.54. The van der Waals surface area contributed by atoms with Crippen LogP contribution in [0.3, 0.4) is 0 Å². The number of hydrogen-bond acceptors (Lipinski definition) is 5. The van der Waals surface area contributed by atoms with Crippen LogP contribution in [0.4, 0.5) is 10.1 Å². The zero-order valence-corrected chi connectivity index (χ0v) is 19.3. The van der Waals surface area contributed by atoms with E-state index in [0.717, 1.165) is 22.4 Å². The van der Waals surface area contributed by atoms with Gasteiger partial charge in [0, 0.05) is 31.1 Å². The van der Waals surface area contributed by atoms with E-state index in [9.17, 15) is 14.0 Å². The Morgan fingerprint density at radius 1 is 1.15 bits per heavy atom. The van der Waals surface area contributed by atoms with Crippen LogP contribution in [0.1, 0.15) is 36.8 Å². The maximum absolute atomic E-state index is 13.6. The molecule has 0 bridgehead atoms. The number of carbonyl (C=O) groups excluding carboxylic acids is 2. The Kier molecular flexibility index (Phi) is 6.26. The lowest BCUT2D eigenvalue weighted by atomic mass is 9.79. The van der Waals surface area contributed by atoms with Gasteiger partial charge in [-0.25, -0.2) is 4.39 Å². The Hall–Kier alpha value is -3.19. The average Bonchev–Trinajstić information content (AvgIpc) is 3.42. The largest absolute Gasteiger partial charge is 0.496 e. The molecule has 1 fully saturated rings. The van der Waals surface area contributed by atoms with E-state index in [-0.39, 0.29) is 23.6 Å². The average molecular weight is 454 g/mol. The first-order chi connectivity index (χ1) is 15.8. The molecule has 6 nitrogen and oxygen atoms in total. The van der Waals surface area contributed by atoms with Gasteiger partial charge >= 0.3 is 5.97 Å². The number of anilines is 1. The number of hydrogen-bond donors (Lipinski definition) is 0. The maximum Gasteiger partial charge on any atom is 0.309 e. The summed E-state index contributed by atoms with van der Waals surface area (Å²) in [4.78, 5) is 26.1. The van der Waals surface area contributed by atoms with Crippen molar-refractivity contribution in [1.29, 1.82) is 0 Å². The number of methoxy groups -OCH3 is 2. The zero-order chi connectivity index (χ0) is 23.8. The summed E-state index contributed by atoms with van der Waals surface area (Å²) in [6, 6.07) is 11.8. The molecule has 2 aromatic rings. The second kappa shape index (κ2) is 8.98. The van der Waals surface area contributed by atoms with E-state index in [1.807, 2.05) is 18.2 Å². The van der Waals surface area contributed by atoms with E-state index in [1.165, 1.54) is 26.2 Å². The second-order valence-corrected chi connectivity index (χ2v) is 8.57. The van der Waals surface area contributed by atoms with Crippen LogP contribution in [-0.2, 0) is 19.1 Å². The van der Waals surface area contributed by atoms with Crippen molar-refractivity contribution in [3.63, 3.8) is 0 Å². The quantitative estimate of drug-likeness (QED) is 0.631. The van der Waals surface area contributed by atoms with Gasteiger partial charge in [-0.2, -0.15) is 0 Å². The van der Waals surface area contributed by atoms with Crippen molar-refractivity contribution in [3.8, 4) is 5.75 Å². The number of ether oxygens (including phenoxy) is 3. The fourth-order valence-corrected chi connectivity index (χ4v) is 5.04. The summed E-state index contributed by atoms with van der Waals surface area (Å²) in [6.45, 7) is 1.84. The standard InChI is InChI=1S/C26H28FNO5/c1-16(29)28(2)20-9-10-23(31-3)22(13-20)18-14-26(33-15-18)12-11-21(25(30)32-4)24(26)17-5-7-19(27)8-6-17/h5-10,13-14,21,24H,11-12,15H2,1-4H3. The zero-order valence-electron chi connectivity index (χ0n) is 19.3. The normalized spacial score (nSPS) is 24.0. The van der Waals surface area contributed by atoms with Crippen molar-refractivity contribution in [1.82, 2.24) is 0 Å². The third-order valence-corrected chi connectivity index (χ3v) is 6.81. The second-order valence-electron chi connectivity index (χ2n) is 8.57. The van der Waals surface area contributed by atoms with Crippen LogP contribution in [0.5, 0.6) is 5.75 Å². The molecular formula is C26H28FNO5. The van der Waals surface area contributed by atoms with Crippen molar-refractivity contribution in [3.05, 3.63) is 65.5 Å². The summed E-state index contributed by atoms with van der Waals surface area (Å²) < 4.78 is 30.7. The van der Waals surface area contributed by atoms with Gasteiger partial charge in [-0.15, -0.1) is 0 Å². The number of carbonyl (C=O) groups is 2. The SMILES string of the molecule is COC(=O)C1CCC2(C=C(c3cc(N(C)C(C)=O)ccc3OC)CO2)C1c1ccc(F)cc1. The monoisotopic (exact) mass is 453 g/mol. The third kappa shape index (κ3) is 4.13. The predicted molar refractivity (Wildman–Crippen MR) is 123 cm³/mol. The summed E-state index contributed by atoms with van der Waals surface area (Å²) in [6.07, 6.45) is 3.30. The fourth-order valence-electron chi connectivity index (χ4n) is 5.04. The van der Waals surface area contributed by atoms with Gasteiger partial charge in [0.2, 0.25) is 5.91 Å². The minimum Gasteiger partial charge on any atom is -0.496 e. The summed E-state index contributed by atoms with van der Waals surface area (Å²) in [5.41, 5.74) is 2.61. The van der Waals surface area contributed by atoms with Crippen molar-refractivity contribution in [2.45, 2.75) is 31.3 Å². The van der Waals surface area contributed by atoms with Crippen LogP contribution in [0.15, 0.2) is 48.5 Å². The van der Waals surface area contributed by atoms with Crippen LogP contribution in [0, 0.1) is 11.7 Å². The molecule has 1 saturated carbocycles. The summed E-state index contributed by atoms with van der Waals surface area (Å²) in [7, 11) is 4.70. The molecule has 2 aromatic carbocycles. The third-order valence-electron chi connectivity index (χ3n) is 6.81. The molecule has 2 aliphatic rings. The number of nitrogens with zero attached hydrogens (tertiary/aromatic N) is 1. The van der Waals surface area contributed by atoms with Gasteiger partial charge in [0.05, 0.1) is 32.3 Å². The lowest BCUT2D eigenvalue weighted by molar-refractivity contribution is -0.146. The first-order valence-electron chi connectivity index (χ1n) is 10.9. The Morgan fingerprint density at radius 2 is 1.88 bits per heavy atom. The minimum absolute atomic E-state index is 0.0766. The summed E-state index contributed by atoms with van der Waals surface area (Å²) >= 11 is 0. The highest BCUT2D eigenvalue weighted by Gasteiger charge is 2.54. The number of benzene rings is 2. The number of rotatable bonds is 5. The van der Waals surface area contributed by atoms with Gasteiger partial charge in [-0.1, -0.05) is 12.1 Å². The van der Waals surface area contributed by atoms with E-state index >= 15 is 0 Å². The molecule has 0 radical (unpaired) electrons. The topological polar surface area (TPSA) is 65.1 Å². The molecule has 1 aliphatic heterocycles. The highest BCUT2D eigenvalue weighted by atomic mass is 19.1. The van der Waals surface area contributed by atoms with Crippen molar-refractivity contribution >= 4 is 23.1 Å². The lowest BCUT2D eigenvalue weighted by Crippen LogP contribution is -2.34. The van der Waals surface area contributed by atoms with Gasteiger partial charge < -0.3 is 19.1 Å². The molecule has 174 valence electrons. The van der Waals surface area contributed by atoms with Gasteiger partial charge in [0.1, 0.15) is 11.6 Å². The van der Waals surface area contributed by atoms with Gasteiger partial charge in [0.25, 0.3) is 0 Å². The molecule has 1 spiro atoms. The van der Waals surface area contributed by atoms with Crippen LogP contribution >= 0.6 is 0 Å². The van der Waals surface area contributed by atoms with E-state index in [4.69, 9.17) is 14.2 Å². The molecule has 0 saturated heterocycles. The Balaban J connectivity index is 1.78. The van der Waals surface area contributed by atoms with Crippen molar-refractivity contribution in [2.75, 3.05) is 32.8 Å². The molecule has 1 aliphatic carbocycles. The van der Waals surface area contributed by atoms with Crippen LogP contribution in [0.2, 0.25) is 0 Å². The van der Waals surface area contributed by atoms with E-state index < -0.39 is 11.5 Å². The fraction of sp³-hybridized carbons (Fsp3) is 0.385. The molecule has 3 unspecified atom stereocenters. The van der Waals surface area contributed by atoms with Crippen molar-refractivity contribution < 1.29 is 28.2 Å². The maximum atomic E-state index is 13.6. The summed E-state index contributed by atoms with van der Waals surface area (Å²) in [5, 5.41) is 0. The summed E-state index contributed by atoms with van der Waals surface area (Å²) in [5.74, 6) is -0.740. The highest BCUT2D eigenvalue weighted by molar-refractivity contribution is 5.92. The molecule has 33 heavy (non-hydrogen) atoms. The van der Waals surface area contributed by atoms with Gasteiger partial charge in [-0.3, -0.25) is 9.59 Å². The molecule has 0 aromatic heterocycles. The molecule has 7 heteroatoms. The lowest BCUT2D eigenvalue weighted by Gasteiger charge is -2.31. The molecule has 3 atom stereocenters. The number of amides is 1. The first kappa shape index (κ1) is 23.0. The van der Waals surface area contributed by atoms with E-state index in [1.54, 1.807) is 31.2 Å². The van der Waals surface area contributed by atoms with Gasteiger partial charge in [-0.05, 0) is 60.4 Å². The predicted octanol–water partition coefficient (Wildman–Crippen LogP) is 4.34. The first-order valence-corrected chi connectivity index (χ1v) is 10.9. The van der Waals surface area contributed by atoms with Crippen LogP contribution in [-0.4, -0.2) is 45.4 Å². The van der Waals surface area contributed by atoms with Crippen molar-refractivity contribution in [2.24, 2.45) is 5.92 Å². The Labute approximate surface area is 192 Å². The number of esters is 1. The molecular weight excluding hydrogens is 425 g/mol. The molecule has 4 rings (SSSR count). The molecule has 1 heterocycles. The number of halogens is 1. The molecule has 1 amide bonds. The van der Waals surface area contributed by atoms with E-state index in [0.29, 0.717) is 25.2 Å². The Morgan fingerprint density at radius 3 is 2.52 bits per heavy atom. The van der Waals surface area contributed by atoms with Gasteiger partial charge in [0.15, 0.2) is 0 Å².